The van der Waals surface area contributed by atoms with Crippen LogP contribution in [0, 0.1) is 6.92 Å². The highest BCUT2D eigenvalue weighted by atomic mass is 28.3. The van der Waals surface area contributed by atoms with Gasteiger partial charge in [0.05, 0.1) is 11.5 Å². The van der Waals surface area contributed by atoms with E-state index in [4.69, 9.17) is 0 Å². The molecule has 1 aromatic heterocycles. The average molecular weight is 422 g/mol. The van der Waals surface area contributed by atoms with Gasteiger partial charge in [-0.15, -0.1) is 5.10 Å². The number of aromatic nitrogens is 3. The maximum atomic E-state index is 4.51. The van der Waals surface area contributed by atoms with Crippen molar-refractivity contribution in [3.63, 3.8) is 0 Å². The van der Waals surface area contributed by atoms with E-state index in [1.165, 1.54) is 5.56 Å². The summed E-state index contributed by atoms with van der Waals surface area (Å²) in [6.07, 6.45) is 2.03. The molecule has 0 aliphatic rings. The van der Waals surface area contributed by atoms with Crippen LogP contribution in [0.25, 0.3) is 22.2 Å². The molecular weight excluding hydrogens is 394 g/mol. The normalized spacial score (nSPS) is 11.1. The van der Waals surface area contributed by atoms with Crippen molar-refractivity contribution in [1.82, 2.24) is 15.0 Å². The summed E-state index contributed by atoms with van der Waals surface area (Å²) < 4.78 is 1.92. The number of hydrogen-bond acceptors (Lipinski definition) is 2. The summed E-state index contributed by atoms with van der Waals surface area (Å²) in [4.78, 5) is 0. The molecule has 31 heavy (non-hydrogen) atoms. The molecule has 4 rings (SSSR count). The van der Waals surface area contributed by atoms with E-state index in [-0.39, 0.29) is 0 Å². The first-order valence-corrected chi connectivity index (χ1v) is 14.0. The summed E-state index contributed by atoms with van der Waals surface area (Å²) in [6.45, 7) is 9.04. The molecule has 0 unspecified atom stereocenters. The van der Waals surface area contributed by atoms with Gasteiger partial charge in [0, 0.05) is 11.1 Å². The van der Waals surface area contributed by atoms with E-state index < -0.39 is 8.07 Å². The van der Waals surface area contributed by atoms with Crippen LogP contribution in [-0.4, -0.2) is 23.1 Å². The number of rotatable bonds is 5. The van der Waals surface area contributed by atoms with Crippen LogP contribution in [0.4, 0.5) is 0 Å². The Morgan fingerprint density at radius 3 is 1.84 bits per heavy atom. The molecule has 0 N–H and O–H groups in total. The van der Waals surface area contributed by atoms with E-state index in [1.54, 1.807) is 0 Å². The topological polar surface area (TPSA) is 30.7 Å². The standard InChI is InChI=1S/C27H27N3Si/c1-21-15-17-24(18-16-21)26-20-30(29-28-26)27(31(2,3)4)19-25(22-11-7-5-8-12-22)23-13-9-6-10-14-23/h5-18,20H,1-4H3. The summed E-state index contributed by atoms with van der Waals surface area (Å²) in [5.41, 5.74) is 10.3. The minimum absolute atomic E-state index is 0.874. The first kappa shape index (κ1) is 20.8. The van der Waals surface area contributed by atoms with Gasteiger partial charge in [-0.3, -0.25) is 0 Å². The smallest absolute Gasteiger partial charge is 0.113 e. The predicted octanol–water partition coefficient (Wildman–Crippen LogP) is 6.70. The molecule has 0 amide bonds. The Labute approximate surface area is 185 Å². The zero-order valence-corrected chi connectivity index (χ0v) is 19.5. The SMILES string of the molecule is Cc1ccc(-c2cn(C(=C=C(c3ccccc3)c3ccccc3)[Si](C)(C)C)nn2)cc1. The van der Waals surface area contributed by atoms with Crippen LogP contribution in [0.3, 0.4) is 0 Å². The number of hydrogen-bond donors (Lipinski definition) is 0. The second kappa shape index (κ2) is 8.72. The Hall–Kier alpha value is -3.46. The Kier molecular flexibility index (Phi) is 5.85. The largest absolute Gasteiger partial charge is 0.221 e. The third-order valence-corrected chi connectivity index (χ3v) is 6.92. The lowest BCUT2D eigenvalue weighted by atomic mass is 9.99. The zero-order chi connectivity index (χ0) is 21.8. The molecule has 0 saturated heterocycles. The first-order valence-electron chi connectivity index (χ1n) is 10.5. The number of benzene rings is 3. The molecule has 0 aliphatic carbocycles. The predicted molar refractivity (Wildman–Crippen MR) is 132 cm³/mol. The van der Waals surface area contributed by atoms with Gasteiger partial charge in [-0.2, -0.15) is 0 Å². The van der Waals surface area contributed by atoms with Gasteiger partial charge in [0.1, 0.15) is 13.8 Å². The molecular formula is C27H27N3Si. The molecule has 0 atom stereocenters. The highest BCUT2D eigenvalue weighted by Crippen LogP contribution is 2.27. The van der Waals surface area contributed by atoms with Crippen LogP contribution in [0.15, 0.2) is 96.9 Å². The minimum Gasteiger partial charge on any atom is -0.221 e. The average Bonchev–Trinajstić information content (AvgIpc) is 3.25. The van der Waals surface area contributed by atoms with Crippen molar-refractivity contribution in [1.29, 1.82) is 0 Å². The molecule has 0 saturated carbocycles. The van der Waals surface area contributed by atoms with E-state index in [0.717, 1.165) is 33.3 Å². The van der Waals surface area contributed by atoms with Gasteiger partial charge in [0.25, 0.3) is 0 Å². The van der Waals surface area contributed by atoms with Crippen LogP contribution in [-0.2, 0) is 0 Å². The highest BCUT2D eigenvalue weighted by Gasteiger charge is 2.24. The van der Waals surface area contributed by atoms with Crippen LogP contribution < -0.4 is 0 Å². The Balaban J connectivity index is 1.92. The second-order valence-electron chi connectivity index (χ2n) is 8.75. The van der Waals surface area contributed by atoms with E-state index in [1.807, 2.05) is 23.0 Å². The van der Waals surface area contributed by atoms with Crippen molar-refractivity contribution < 1.29 is 0 Å². The van der Waals surface area contributed by atoms with Gasteiger partial charge < -0.3 is 0 Å². The molecule has 4 aromatic rings. The van der Waals surface area contributed by atoms with Gasteiger partial charge in [-0.1, -0.05) is 121 Å². The van der Waals surface area contributed by atoms with Crippen LogP contribution in [0.2, 0.25) is 19.6 Å². The lowest BCUT2D eigenvalue weighted by Crippen LogP contribution is -2.26. The van der Waals surface area contributed by atoms with E-state index in [9.17, 15) is 0 Å². The fourth-order valence-corrected chi connectivity index (χ4v) is 4.75. The van der Waals surface area contributed by atoms with E-state index >= 15 is 0 Å². The number of aryl methyl sites for hydroxylation is 1. The molecule has 154 valence electrons. The monoisotopic (exact) mass is 421 g/mol. The molecule has 0 bridgehead atoms. The van der Waals surface area contributed by atoms with Crippen molar-refractivity contribution in [3.8, 4) is 11.3 Å². The van der Waals surface area contributed by atoms with Gasteiger partial charge in [0.2, 0.25) is 0 Å². The van der Waals surface area contributed by atoms with Crippen LogP contribution >= 0.6 is 0 Å². The molecule has 4 heteroatoms. The van der Waals surface area contributed by atoms with Crippen molar-refractivity contribution in [3.05, 3.63) is 114 Å². The summed E-state index contributed by atoms with van der Waals surface area (Å²) in [7, 11) is -1.81. The second-order valence-corrected chi connectivity index (χ2v) is 13.7. The Bertz CT molecular complexity index is 1180. The summed E-state index contributed by atoms with van der Waals surface area (Å²) in [6, 6.07) is 29.3. The summed E-state index contributed by atoms with van der Waals surface area (Å²) in [5, 5.41) is 10.1. The van der Waals surface area contributed by atoms with Crippen LogP contribution in [0.5, 0.6) is 0 Å². The van der Waals surface area contributed by atoms with Gasteiger partial charge >= 0.3 is 0 Å². The number of nitrogens with zero attached hydrogens (tertiary/aromatic N) is 3. The maximum Gasteiger partial charge on any atom is 0.113 e. The molecule has 1 heterocycles. The molecule has 0 radical (unpaired) electrons. The van der Waals surface area contributed by atoms with Crippen molar-refractivity contribution in [2.24, 2.45) is 0 Å². The van der Waals surface area contributed by atoms with Crippen LogP contribution in [0.1, 0.15) is 16.7 Å². The third kappa shape index (κ3) is 4.83. The first-order chi connectivity index (χ1) is 14.9. The van der Waals surface area contributed by atoms with Gasteiger partial charge in [0.15, 0.2) is 0 Å². The van der Waals surface area contributed by atoms with E-state index in [2.05, 4.69) is 115 Å². The summed E-state index contributed by atoms with van der Waals surface area (Å²) >= 11 is 0. The fraction of sp³-hybridized carbons (Fsp3) is 0.148. The van der Waals surface area contributed by atoms with E-state index in [0.29, 0.717) is 0 Å². The summed E-state index contributed by atoms with van der Waals surface area (Å²) in [5.74, 6) is 0. The minimum atomic E-state index is -1.81. The lowest BCUT2D eigenvalue weighted by molar-refractivity contribution is 0.830. The molecule has 3 aromatic carbocycles. The highest BCUT2D eigenvalue weighted by molar-refractivity contribution is 6.92. The lowest BCUT2D eigenvalue weighted by Gasteiger charge is -2.19. The molecule has 0 fully saturated rings. The Morgan fingerprint density at radius 2 is 1.32 bits per heavy atom. The van der Waals surface area contributed by atoms with Gasteiger partial charge in [-0.05, 0) is 18.1 Å². The van der Waals surface area contributed by atoms with Crippen molar-refractivity contribution >= 4 is 19.0 Å². The zero-order valence-electron chi connectivity index (χ0n) is 18.5. The van der Waals surface area contributed by atoms with Crippen molar-refractivity contribution in [2.75, 3.05) is 0 Å². The maximum absolute atomic E-state index is 4.51. The third-order valence-electron chi connectivity index (χ3n) is 5.15. The molecule has 0 aliphatic heterocycles. The Morgan fingerprint density at radius 1 is 0.774 bits per heavy atom. The molecule has 0 spiro atoms. The van der Waals surface area contributed by atoms with Crippen molar-refractivity contribution in [2.45, 2.75) is 26.6 Å². The molecule has 3 nitrogen and oxygen atoms in total. The fourth-order valence-electron chi connectivity index (χ4n) is 3.46. The quantitative estimate of drug-likeness (QED) is 0.265. The van der Waals surface area contributed by atoms with Gasteiger partial charge in [-0.25, -0.2) is 4.68 Å².